The highest BCUT2D eigenvalue weighted by atomic mass is 32.2. The van der Waals surface area contributed by atoms with Crippen LogP contribution in [0.25, 0.3) is 0 Å². The predicted molar refractivity (Wildman–Crippen MR) is 139 cm³/mol. The molecule has 4 heterocycles. The van der Waals surface area contributed by atoms with E-state index < -0.39 is 66.1 Å². The molecular formula is C22H25FN6O11S2. The maximum Gasteiger partial charge on any atom is 0.511 e. The molecule has 3 aliphatic heterocycles. The Bertz CT molecular complexity index is 1320. The molecule has 4 atom stereocenters. The van der Waals surface area contributed by atoms with Crippen LogP contribution in [0.1, 0.15) is 26.6 Å². The number of amides is 2. The number of nitrogens with two attached hydrogens (primary N) is 1. The summed E-state index contributed by atoms with van der Waals surface area (Å²) in [6, 6.07) is -1.18. The maximum atomic E-state index is 13.0. The van der Waals surface area contributed by atoms with Crippen LogP contribution in [0.2, 0.25) is 0 Å². The standard InChI is InChI=1S/C22H25FN6O11S2/c1-9(39-21(34)35-5-11-6-36-22(2,3)40-11)38-19(33)14-10(4-30)7-41-18-13(17(32)29(14)18)25-16(31)12(27-37-8-23)15-26-20(24)42-28-15/h4,9,11,13,18H,5-8H2,1-3H3,(H,25,31)(H2,24,26,28)/b27-12+. The van der Waals surface area contributed by atoms with Crippen LogP contribution in [-0.4, -0.2) is 106 Å². The molecule has 0 radical (unpaired) electrons. The van der Waals surface area contributed by atoms with Crippen LogP contribution in [0.3, 0.4) is 0 Å². The zero-order valence-corrected chi connectivity index (χ0v) is 23.9. The van der Waals surface area contributed by atoms with E-state index in [1.807, 2.05) is 0 Å². The fourth-order valence-corrected chi connectivity index (χ4v) is 5.67. The molecule has 2 fully saturated rings. The summed E-state index contributed by atoms with van der Waals surface area (Å²) in [5.74, 6) is -3.95. The number of hydrogen-bond acceptors (Lipinski definition) is 17. The van der Waals surface area contributed by atoms with Crippen LogP contribution < -0.4 is 11.1 Å². The SMILES string of the molecule is CC(OC(=O)OCC1COC(C)(C)O1)OC(=O)C1=C(C=O)CSC2C(NC(=O)/C(=N/OCF)c3nsc(N)n3)C(=O)N12. The van der Waals surface area contributed by atoms with Gasteiger partial charge in [-0.1, -0.05) is 5.16 Å². The van der Waals surface area contributed by atoms with Gasteiger partial charge in [0.1, 0.15) is 36.1 Å². The minimum absolute atomic E-state index is 0.00195. The Morgan fingerprint density at radius 3 is 2.74 bits per heavy atom. The number of esters is 1. The van der Waals surface area contributed by atoms with Crippen LogP contribution in [0, 0.1) is 0 Å². The van der Waals surface area contributed by atoms with E-state index in [4.69, 9.17) is 29.4 Å². The van der Waals surface area contributed by atoms with Gasteiger partial charge in [-0.3, -0.25) is 19.3 Å². The van der Waals surface area contributed by atoms with Crippen molar-refractivity contribution in [3.63, 3.8) is 0 Å². The highest BCUT2D eigenvalue weighted by molar-refractivity contribution is 8.00. The first-order valence-electron chi connectivity index (χ1n) is 12.1. The number of thioether (sulfide) groups is 1. The topological polar surface area (TPSA) is 220 Å². The van der Waals surface area contributed by atoms with Gasteiger partial charge < -0.3 is 39.6 Å². The summed E-state index contributed by atoms with van der Waals surface area (Å²) in [5.41, 5.74) is 4.56. The van der Waals surface area contributed by atoms with Crippen molar-refractivity contribution in [3.8, 4) is 0 Å². The average molecular weight is 633 g/mol. The summed E-state index contributed by atoms with van der Waals surface area (Å²) in [6.07, 6.45) is -2.74. The quantitative estimate of drug-likeness (QED) is 0.0806. The zero-order chi connectivity index (χ0) is 30.6. The number of anilines is 1. The number of halogens is 1. The van der Waals surface area contributed by atoms with Crippen molar-refractivity contribution in [1.29, 1.82) is 0 Å². The summed E-state index contributed by atoms with van der Waals surface area (Å²) in [7, 11) is 0. The minimum Gasteiger partial charge on any atom is -0.431 e. The molecule has 4 rings (SSSR count). The van der Waals surface area contributed by atoms with Crippen molar-refractivity contribution < 1.29 is 56.9 Å². The number of hydrogen-bond donors (Lipinski definition) is 2. The molecule has 0 saturated carbocycles. The Morgan fingerprint density at radius 1 is 1.36 bits per heavy atom. The van der Waals surface area contributed by atoms with Gasteiger partial charge in [-0.15, -0.1) is 11.8 Å². The van der Waals surface area contributed by atoms with Crippen LogP contribution in [-0.2, 0) is 47.7 Å². The lowest BCUT2D eigenvalue weighted by Crippen LogP contribution is -2.71. The Hall–Kier alpha value is -3.88. The van der Waals surface area contributed by atoms with Gasteiger partial charge in [0.15, 0.2) is 10.9 Å². The largest absolute Gasteiger partial charge is 0.511 e. The third-order valence-electron chi connectivity index (χ3n) is 5.68. The predicted octanol–water partition coefficient (Wildman–Crippen LogP) is -0.185. The molecule has 3 aliphatic rings. The summed E-state index contributed by atoms with van der Waals surface area (Å²) in [5, 5.41) is 4.95. The molecule has 0 aromatic carbocycles. The number of carbonyl (C=O) groups excluding carboxylic acids is 5. The molecule has 0 bridgehead atoms. The molecule has 3 N–H and O–H groups in total. The molecule has 20 heteroatoms. The van der Waals surface area contributed by atoms with E-state index in [-0.39, 0.29) is 41.2 Å². The van der Waals surface area contributed by atoms with Crippen LogP contribution >= 0.6 is 23.3 Å². The number of ether oxygens (including phenoxy) is 5. The first-order chi connectivity index (χ1) is 19.9. The molecule has 0 spiro atoms. The summed E-state index contributed by atoms with van der Waals surface area (Å²) in [4.78, 5) is 71.7. The summed E-state index contributed by atoms with van der Waals surface area (Å²) >= 11 is 1.83. The third-order valence-corrected chi connectivity index (χ3v) is 7.53. The molecule has 17 nitrogen and oxygen atoms in total. The molecule has 1 aromatic rings. The highest BCUT2D eigenvalue weighted by Crippen LogP contribution is 2.40. The first-order valence-corrected chi connectivity index (χ1v) is 13.9. The number of aldehydes is 1. The van der Waals surface area contributed by atoms with Crippen LogP contribution in [0.4, 0.5) is 14.3 Å². The second-order valence-corrected chi connectivity index (χ2v) is 11.0. The summed E-state index contributed by atoms with van der Waals surface area (Å²) < 4.78 is 42.3. The number of rotatable bonds is 11. The van der Waals surface area contributed by atoms with Gasteiger partial charge in [0.05, 0.1) is 6.61 Å². The van der Waals surface area contributed by atoms with Crippen LogP contribution in [0.5, 0.6) is 0 Å². The van der Waals surface area contributed by atoms with Gasteiger partial charge in [0, 0.05) is 29.8 Å². The number of nitrogens with one attached hydrogen (secondary N) is 1. The number of aromatic nitrogens is 2. The van der Waals surface area contributed by atoms with Crippen molar-refractivity contribution in [2.24, 2.45) is 5.16 Å². The van der Waals surface area contributed by atoms with Gasteiger partial charge in [0.25, 0.3) is 18.7 Å². The van der Waals surface area contributed by atoms with Crippen LogP contribution in [0.15, 0.2) is 16.4 Å². The molecule has 1 aromatic heterocycles. The molecule has 0 aliphatic carbocycles. The van der Waals surface area contributed by atoms with Crippen molar-refractivity contribution in [3.05, 3.63) is 17.1 Å². The molecule has 2 amide bonds. The lowest BCUT2D eigenvalue weighted by atomic mass is 10.0. The van der Waals surface area contributed by atoms with Gasteiger partial charge in [-0.2, -0.15) is 9.36 Å². The number of nitrogens with zero attached hydrogens (tertiary/aromatic N) is 4. The molecule has 2 saturated heterocycles. The Labute approximate surface area is 245 Å². The van der Waals surface area contributed by atoms with E-state index in [1.54, 1.807) is 13.8 Å². The zero-order valence-electron chi connectivity index (χ0n) is 22.3. The fraction of sp³-hybridized carbons (Fsp3) is 0.545. The molecular weight excluding hydrogens is 607 g/mol. The van der Waals surface area contributed by atoms with E-state index in [9.17, 15) is 28.4 Å². The van der Waals surface area contributed by atoms with Gasteiger partial charge >= 0.3 is 12.1 Å². The van der Waals surface area contributed by atoms with Gasteiger partial charge in [-0.25, -0.2) is 14.0 Å². The number of oxime groups is 1. The maximum absolute atomic E-state index is 13.0. The van der Waals surface area contributed by atoms with E-state index >= 15 is 0 Å². The van der Waals surface area contributed by atoms with Crippen molar-refractivity contribution in [2.75, 3.05) is 31.6 Å². The van der Waals surface area contributed by atoms with E-state index in [0.29, 0.717) is 6.29 Å². The summed E-state index contributed by atoms with van der Waals surface area (Å²) in [6.45, 7) is 3.32. The number of alkyl halides is 1. The number of fused-ring (bicyclic) bond motifs is 1. The molecule has 42 heavy (non-hydrogen) atoms. The smallest absolute Gasteiger partial charge is 0.431 e. The van der Waals surface area contributed by atoms with Crippen molar-refractivity contribution in [2.45, 2.75) is 50.4 Å². The van der Waals surface area contributed by atoms with E-state index in [1.165, 1.54) is 6.92 Å². The number of carbonyl (C=O) groups is 5. The fourth-order valence-electron chi connectivity index (χ4n) is 3.94. The lowest BCUT2D eigenvalue weighted by molar-refractivity contribution is -0.170. The minimum atomic E-state index is -1.46. The molecule has 228 valence electrons. The first kappa shape index (κ1) is 31.1. The lowest BCUT2D eigenvalue weighted by Gasteiger charge is -2.49. The van der Waals surface area contributed by atoms with E-state index in [2.05, 4.69) is 24.7 Å². The number of β-lactam (4-membered cyclic amide) rings is 1. The van der Waals surface area contributed by atoms with Crippen molar-refractivity contribution in [1.82, 2.24) is 19.6 Å². The Balaban J connectivity index is 1.36. The van der Waals surface area contributed by atoms with Crippen molar-refractivity contribution >= 4 is 64.4 Å². The monoisotopic (exact) mass is 632 g/mol. The Morgan fingerprint density at radius 2 is 2.12 bits per heavy atom. The highest BCUT2D eigenvalue weighted by Gasteiger charge is 2.55. The van der Waals surface area contributed by atoms with Gasteiger partial charge in [-0.05, 0) is 13.8 Å². The molecule has 4 unspecified atom stereocenters. The second kappa shape index (κ2) is 13.0. The van der Waals surface area contributed by atoms with E-state index in [0.717, 1.165) is 28.2 Å². The third kappa shape index (κ3) is 6.94. The number of nitrogen functional groups attached to an aromatic ring is 1. The second-order valence-electron chi connectivity index (χ2n) is 9.09. The van der Waals surface area contributed by atoms with Gasteiger partial charge in [0.2, 0.25) is 17.8 Å². The average Bonchev–Trinajstić information content (AvgIpc) is 3.53. The normalized spacial score (nSPS) is 23.8. The Kier molecular flexibility index (Phi) is 9.59.